The second-order valence-corrected chi connectivity index (χ2v) is 5.37. The minimum atomic E-state index is 0.462. The highest BCUT2D eigenvalue weighted by atomic mass is 35.5. The highest BCUT2D eigenvalue weighted by Crippen LogP contribution is 2.29. The molecule has 21 heavy (non-hydrogen) atoms. The van der Waals surface area contributed by atoms with Gasteiger partial charge in [-0.15, -0.1) is 0 Å². The van der Waals surface area contributed by atoms with Crippen molar-refractivity contribution in [3.63, 3.8) is 0 Å². The number of aromatic nitrogens is 2. The maximum atomic E-state index is 6.14. The van der Waals surface area contributed by atoms with Crippen molar-refractivity contribution < 1.29 is 0 Å². The van der Waals surface area contributed by atoms with E-state index in [1.807, 2.05) is 41.0 Å². The number of benzene rings is 3. The van der Waals surface area contributed by atoms with Gasteiger partial charge < -0.3 is 5.73 Å². The Bertz CT molecular complexity index is 967. The quantitative estimate of drug-likeness (QED) is 0.565. The largest absolute Gasteiger partial charge is 0.369 e. The first-order chi connectivity index (χ1) is 10.2. The van der Waals surface area contributed by atoms with E-state index < -0.39 is 0 Å². The van der Waals surface area contributed by atoms with Crippen molar-refractivity contribution in [2.24, 2.45) is 0 Å². The molecule has 3 aromatic carbocycles. The third-order valence-corrected chi connectivity index (χ3v) is 3.89. The number of anilines is 1. The number of nitrogen functional groups attached to an aromatic ring is 1. The van der Waals surface area contributed by atoms with Crippen LogP contribution in [0.2, 0.25) is 5.02 Å². The number of imidazole rings is 1. The maximum Gasteiger partial charge on any atom is 0.205 e. The zero-order valence-electron chi connectivity index (χ0n) is 11.1. The van der Waals surface area contributed by atoms with Gasteiger partial charge >= 0.3 is 0 Å². The summed E-state index contributed by atoms with van der Waals surface area (Å²) in [5, 5.41) is 2.97. The third-order valence-electron chi connectivity index (χ3n) is 3.65. The molecule has 0 saturated carbocycles. The van der Waals surface area contributed by atoms with Gasteiger partial charge in [0.25, 0.3) is 0 Å². The maximum absolute atomic E-state index is 6.14. The lowest BCUT2D eigenvalue weighted by Crippen LogP contribution is -2.01. The highest BCUT2D eigenvalue weighted by Gasteiger charge is 2.12. The average Bonchev–Trinajstić information content (AvgIpc) is 2.81. The molecule has 0 atom stereocenters. The molecule has 4 aromatic rings. The third kappa shape index (κ3) is 1.86. The van der Waals surface area contributed by atoms with Crippen LogP contribution in [0.4, 0.5) is 5.95 Å². The molecule has 0 amide bonds. The summed E-state index contributed by atoms with van der Waals surface area (Å²) in [7, 11) is 0. The molecule has 0 bridgehead atoms. The van der Waals surface area contributed by atoms with Gasteiger partial charge in [0.15, 0.2) is 0 Å². The summed E-state index contributed by atoms with van der Waals surface area (Å²) in [5.74, 6) is 0.462. The predicted octanol–water partition coefficient (Wildman–Crippen LogP) is 4.41. The normalized spacial score (nSPS) is 11.3. The van der Waals surface area contributed by atoms with E-state index >= 15 is 0 Å². The van der Waals surface area contributed by atoms with Gasteiger partial charge in [-0.1, -0.05) is 48.0 Å². The molecule has 0 radical (unpaired) electrons. The van der Waals surface area contributed by atoms with E-state index in [-0.39, 0.29) is 0 Å². The number of hydrogen-bond donors (Lipinski definition) is 1. The number of hydrogen-bond acceptors (Lipinski definition) is 2. The van der Waals surface area contributed by atoms with Crippen molar-refractivity contribution >= 4 is 39.4 Å². The van der Waals surface area contributed by atoms with Crippen LogP contribution in [-0.2, 0) is 0 Å². The van der Waals surface area contributed by atoms with Crippen LogP contribution < -0.4 is 5.73 Å². The summed E-state index contributed by atoms with van der Waals surface area (Å²) in [5.41, 5.74) is 8.91. The smallest absolute Gasteiger partial charge is 0.205 e. The molecule has 2 N–H and O–H groups in total. The summed E-state index contributed by atoms with van der Waals surface area (Å²) < 4.78 is 1.97. The van der Waals surface area contributed by atoms with Crippen molar-refractivity contribution in [3.05, 3.63) is 65.7 Å². The topological polar surface area (TPSA) is 43.8 Å². The van der Waals surface area contributed by atoms with Gasteiger partial charge in [-0.05, 0) is 29.7 Å². The van der Waals surface area contributed by atoms with Crippen LogP contribution in [-0.4, -0.2) is 9.55 Å². The van der Waals surface area contributed by atoms with Crippen LogP contribution in [0.3, 0.4) is 0 Å². The molecule has 0 aliphatic rings. The second kappa shape index (κ2) is 4.50. The summed E-state index contributed by atoms with van der Waals surface area (Å²) in [6.07, 6.45) is 0. The molecular formula is C17H12ClN3. The average molecular weight is 294 g/mol. The van der Waals surface area contributed by atoms with Crippen LogP contribution in [0.1, 0.15) is 0 Å². The zero-order chi connectivity index (χ0) is 14.4. The van der Waals surface area contributed by atoms with Crippen molar-refractivity contribution in [1.82, 2.24) is 9.55 Å². The molecule has 0 aliphatic heterocycles. The summed E-state index contributed by atoms with van der Waals surface area (Å²) >= 11 is 6.03. The van der Waals surface area contributed by atoms with Gasteiger partial charge in [0.2, 0.25) is 5.95 Å². The van der Waals surface area contributed by atoms with E-state index in [4.69, 9.17) is 17.3 Å². The van der Waals surface area contributed by atoms with Crippen molar-refractivity contribution in [2.75, 3.05) is 5.73 Å². The SMILES string of the molecule is Nc1nc2cc(Cl)ccc2n1-c1cccc2ccccc12. The predicted molar refractivity (Wildman–Crippen MR) is 88.0 cm³/mol. The first kappa shape index (κ1) is 12.2. The Morgan fingerprint density at radius 3 is 2.67 bits per heavy atom. The van der Waals surface area contributed by atoms with E-state index in [1.54, 1.807) is 0 Å². The number of nitrogens with zero attached hydrogens (tertiary/aromatic N) is 2. The van der Waals surface area contributed by atoms with Crippen molar-refractivity contribution in [1.29, 1.82) is 0 Å². The van der Waals surface area contributed by atoms with E-state index in [2.05, 4.69) is 29.2 Å². The number of halogens is 1. The van der Waals surface area contributed by atoms with Gasteiger partial charge in [-0.25, -0.2) is 4.98 Å². The number of nitrogens with two attached hydrogens (primary N) is 1. The van der Waals surface area contributed by atoms with Crippen LogP contribution in [0.15, 0.2) is 60.7 Å². The van der Waals surface area contributed by atoms with Crippen molar-refractivity contribution in [2.45, 2.75) is 0 Å². The number of fused-ring (bicyclic) bond motifs is 2. The van der Waals surface area contributed by atoms with Crippen LogP contribution >= 0.6 is 11.6 Å². The summed E-state index contributed by atoms with van der Waals surface area (Å²) in [6, 6.07) is 20.0. The molecule has 102 valence electrons. The Kier molecular flexibility index (Phi) is 2.62. The first-order valence-electron chi connectivity index (χ1n) is 6.66. The molecule has 0 spiro atoms. The van der Waals surface area contributed by atoms with Crippen molar-refractivity contribution in [3.8, 4) is 5.69 Å². The minimum absolute atomic E-state index is 0.462. The minimum Gasteiger partial charge on any atom is -0.369 e. The molecular weight excluding hydrogens is 282 g/mol. The molecule has 0 unspecified atom stereocenters. The highest BCUT2D eigenvalue weighted by molar-refractivity contribution is 6.31. The van der Waals surface area contributed by atoms with Gasteiger partial charge in [-0.3, -0.25) is 4.57 Å². The summed E-state index contributed by atoms with van der Waals surface area (Å²) in [4.78, 5) is 4.41. The summed E-state index contributed by atoms with van der Waals surface area (Å²) in [6.45, 7) is 0. The van der Waals surface area contributed by atoms with Crippen LogP contribution in [0.25, 0.3) is 27.5 Å². The Hall–Kier alpha value is -2.52. The lowest BCUT2D eigenvalue weighted by atomic mass is 10.1. The van der Waals surface area contributed by atoms with Gasteiger partial charge in [0, 0.05) is 10.4 Å². The molecule has 0 saturated heterocycles. The second-order valence-electron chi connectivity index (χ2n) is 4.94. The van der Waals surface area contributed by atoms with E-state index in [1.165, 1.54) is 5.39 Å². The Morgan fingerprint density at radius 1 is 0.952 bits per heavy atom. The zero-order valence-corrected chi connectivity index (χ0v) is 11.9. The fraction of sp³-hybridized carbons (Fsp3) is 0. The van der Waals surface area contributed by atoms with E-state index in [9.17, 15) is 0 Å². The fourth-order valence-corrected chi connectivity index (χ4v) is 2.89. The van der Waals surface area contributed by atoms with Gasteiger partial charge in [0.1, 0.15) is 0 Å². The van der Waals surface area contributed by atoms with Gasteiger partial charge in [-0.2, -0.15) is 0 Å². The Labute approximate surface area is 126 Å². The van der Waals surface area contributed by atoms with Crippen LogP contribution in [0.5, 0.6) is 0 Å². The molecule has 4 heteroatoms. The Balaban J connectivity index is 2.11. The fourth-order valence-electron chi connectivity index (χ4n) is 2.73. The van der Waals surface area contributed by atoms with Gasteiger partial charge in [0.05, 0.1) is 16.7 Å². The molecule has 0 fully saturated rings. The standard InChI is InChI=1S/C17H12ClN3/c18-12-8-9-16-14(10-12)20-17(19)21(16)15-7-3-5-11-4-1-2-6-13(11)15/h1-10H,(H2,19,20). The van der Waals surface area contributed by atoms with Crippen LogP contribution in [0, 0.1) is 0 Å². The lowest BCUT2D eigenvalue weighted by Gasteiger charge is -2.10. The number of rotatable bonds is 1. The first-order valence-corrected chi connectivity index (χ1v) is 7.03. The molecule has 0 aliphatic carbocycles. The lowest BCUT2D eigenvalue weighted by molar-refractivity contribution is 1.12. The molecule has 1 heterocycles. The molecule has 4 rings (SSSR count). The Morgan fingerprint density at radius 2 is 1.76 bits per heavy atom. The van der Waals surface area contributed by atoms with E-state index in [0.29, 0.717) is 11.0 Å². The molecule has 3 nitrogen and oxygen atoms in total. The monoisotopic (exact) mass is 293 g/mol. The molecule has 1 aromatic heterocycles. The van der Waals surface area contributed by atoms with E-state index in [0.717, 1.165) is 22.1 Å².